The average Bonchev–Trinajstić information content (AvgIpc) is 2.73. The Kier molecular flexibility index (Phi) is 3.83. The number of rotatable bonds is 4. The van der Waals surface area contributed by atoms with Crippen LogP contribution in [-0.4, -0.2) is 24.0 Å². The summed E-state index contributed by atoms with van der Waals surface area (Å²) < 4.78 is 0. The van der Waals surface area contributed by atoms with Crippen LogP contribution < -0.4 is 5.32 Å². The first-order valence-electron chi connectivity index (χ1n) is 6.32. The summed E-state index contributed by atoms with van der Waals surface area (Å²) in [6.07, 6.45) is 2.74. The first-order chi connectivity index (χ1) is 7.74. The van der Waals surface area contributed by atoms with Gasteiger partial charge in [-0.25, -0.2) is 0 Å². The van der Waals surface area contributed by atoms with Gasteiger partial charge in [-0.05, 0) is 57.5 Å². The molecule has 0 aromatic heterocycles. The summed E-state index contributed by atoms with van der Waals surface area (Å²) in [5.74, 6) is 0. The van der Waals surface area contributed by atoms with Gasteiger partial charge in [0.25, 0.3) is 0 Å². The predicted octanol–water partition coefficient (Wildman–Crippen LogP) is 3.10. The molecule has 1 fully saturated rings. The summed E-state index contributed by atoms with van der Waals surface area (Å²) in [5.41, 5.74) is 2.65. The van der Waals surface area contributed by atoms with Gasteiger partial charge in [-0.1, -0.05) is 12.1 Å². The summed E-state index contributed by atoms with van der Waals surface area (Å²) in [6.45, 7) is 7.98. The molecule has 1 saturated heterocycles. The van der Waals surface area contributed by atoms with Crippen LogP contribution in [0.15, 0.2) is 24.3 Å². The monoisotopic (exact) mass is 218 g/mol. The SMILES string of the molecule is CC(C)Nc1ccc(CN2CCCC2)cc1. The van der Waals surface area contributed by atoms with Gasteiger partial charge in [-0.15, -0.1) is 0 Å². The fourth-order valence-electron chi connectivity index (χ4n) is 2.24. The number of benzene rings is 1. The minimum absolute atomic E-state index is 0.504. The lowest BCUT2D eigenvalue weighted by Gasteiger charge is -2.15. The van der Waals surface area contributed by atoms with Crippen molar-refractivity contribution in [2.45, 2.75) is 39.3 Å². The largest absolute Gasteiger partial charge is 0.383 e. The summed E-state index contributed by atoms with van der Waals surface area (Å²) in [4.78, 5) is 2.53. The van der Waals surface area contributed by atoms with Gasteiger partial charge in [-0.2, -0.15) is 0 Å². The Morgan fingerprint density at radius 1 is 1.12 bits per heavy atom. The Bertz CT molecular complexity index is 310. The quantitative estimate of drug-likeness (QED) is 0.835. The maximum Gasteiger partial charge on any atom is 0.0342 e. The highest BCUT2D eigenvalue weighted by Gasteiger charge is 2.11. The van der Waals surface area contributed by atoms with Gasteiger partial charge in [-0.3, -0.25) is 4.90 Å². The van der Waals surface area contributed by atoms with Gasteiger partial charge in [0.15, 0.2) is 0 Å². The van der Waals surface area contributed by atoms with Crippen LogP contribution in [0.4, 0.5) is 5.69 Å². The molecule has 16 heavy (non-hydrogen) atoms. The van der Waals surface area contributed by atoms with E-state index < -0.39 is 0 Å². The molecule has 88 valence electrons. The fourth-order valence-corrected chi connectivity index (χ4v) is 2.24. The molecule has 1 aliphatic rings. The molecule has 1 aromatic rings. The summed E-state index contributed by atoms with van der Waals surface area (Å²) in [7, 11) is 0. The Balaban J connectivity index is 1.90. The highest BCUT2D eigenvalue weighted by Crippen LogP contribution is 2.15. The molecule has 2 heteroatoms. The normalized spacial score (nSPS) is 16.9. The van der Waals surface area contributed by atoms with Crippen molar-refractivity contribution in [1.82, 2.24) is 4.90 Å². The molecule has 1 heterocycles. The van der Waals surface area contributed by atoms with E-state index >= 15 is 0 Å². The lowest BCUT2D eigenvalue weighted by atomic mass is 10.2. The molecule has 0 bridgehead atoms. The van der Waals surface area contributed by atoms with E-state index in [1.807, 2.05) is 0 Å². The van der Waals surface area contributed by atoms with Crippen LogP contribution in [0, 0.1) is 0 Å². The van der Waals surface area contributed by atoms with Crippen LogP contribution in [-0.2, 0) is 6.54 Å². The molecule has 0 spiro atoms. The van der Waals surface area contributed by atoms with Crippen molar-refractivity contribution in [2.75, 3.05) is 18.4 Å². The molecular formula is C14H22N2. The average molecular weight is 218 g/mol. The third kappa shape index (κ3) is 3.24. The zero-order chi connectivity index (χ0) is 11.4. The van der Waals surface area contributed by atoms with Gasteiger partial charge in [0.1, 0.15) is 0 Å². The smallest absolute Gasteiger partial charge is 0.0342 e. The molecule has 1 aromatic carbocycles. The molecule has 2 rings (SSSR count). The Hall–Kier alpha value is -1.02. The van der Waals surface area contributed by atoms with Crippen molar-refractivity contribution < 1.29 is 0 Å². The lowest BCUT2D eigenvalue weighted by molar-refractivity contribution is 0.331. The van der Waals surface area contributed by atoms with Gasteiger partial charge < -0.3 is 5.32 Å². The van der Waals surface area contributed by atoms with E-state index in [1.165, 1.54) is 37.2 Å². The Morgan fingerprint density at radius 2 is 1.75 bits per heavy atom. The molecule has 0 aliphatic carbocycles. The predicted molar refractivity (Wildman–Crippen MR) is 69.7 cm³/mol. The number of nitrogens with one attached hydrogen (secondary N) is 1. The maximum absolute atomic E-state index is 3.41. The van der Waals surface area contributed by atoms with Crippen molar-refractivity contribution in [3.63, 3.8) is 0 Å². The van der Waals surface area contributed by atoms with Crippen molar-refractivity contribution in [3.8, 4) is 0 Å². The molecular weight excluding hydrogens is 196 g/mol. The number of hydrogen-bond acceptors (Lipinski definition) is 2. The summed E-state index contributed by atoms with van der Waals surface area (Å²) in [6, 6.07) is 9.35. The van der Waals surface area contributed by atoms with E-state index in [0.29, 0.717) is 6.04 Å². The van der Waals surface area contributed by atoms with E-state index in [9.17, 15) is 0 Å². The van der Waals surface area contributed by atoms with Crippen LogP contribution in [0.25, 0.3) is 0 Å². The molecule has 0 atom stereocenters. The number of anilines is 1. The molecule has 0 saturated carbocycles. The van der Waals surface area contributed by atoms with Crippen LogP contribution in [0.5, 0.6) is 0 Å². The number of hydrogen-bond donors (Lipinski definition) is 1. The molecule has 0 unspecified atom stereocenters. The molecule has 0 amide bonds. The standard InChI is InChI=1S/C14H22N2/c1-12(2)15-14-7-5-13(6-8-14)11-16-9-3-4-10-16/h5-8,12,15H,3-4,9-11H2,1-2H3. The van der Waals surface area contributed by atoms with Gasteiger partial charge in [0.2, 0.25) is 0 Å². The second-order valence-corrected chi connectivity index (χ2v) is 4.98. The van der Waals surface area contributed by atoms with E-state index in [-0.39, 0.29) is 0 Å². The zero-order valence-electron chi connectivity index (χ0n) is 10.4. The minimum Gasteiger partial charge on any atom is -0.383 e. The summed E-state index contributed by atoms with van der Waals surface area (Å²) in [5, 5.41) is 3.41. The third-order valence-corrected chi connectivity index (χ3v) is 3.01. The molecule has 2 nitrogen and oxygen atoms in total. The molecule has 1 aliphatic heterocycles. The first kappa shape index (κ1) is 11.5. The zero-order valence-corrected chi connectivity index (χ0v) is 10.4. The van der Waals surface area contributed by atoms with E-state index in [4.69, 9.17) is 0 Å². The Labute approximate surface area is 98.7 Å². The molecule has 1 N–H and O–H groups in total. The second-order valence-electron chi connectivity index (χ2n) is 4.98. The fraction of sp³-hybridized carbons (Fsp3) is 0.571. The summed E-state index contributed by atoms with van der Waals surface area (Å²) >= 11 is 0. The van der Waals surface area contributed by atoms with Crippen molar-refractivity contribution in [1.29, 1.82) is 0 Å². The number of likely N-dealkylation sites (tertiary alicyclic amines) is 1. The minimum atomic E-state index is 0.504. The van der Waals surface area contributed by atoms with Gasteiger partial charge in [0, 0.05) is 18.3 Å². The third-order valence-electron chi connectivity index (χ3n) is 3.01. The lowest BCUT2D eigenvalue weighted by Crippen LogP contribution is -2.18. The van der Waals surface area contributed by atoms with E-state index in [1.54, 1.807) is 0 Å². The van der Waals surface area contributed by atoms with Gasteiger partial charge in [0.05, 0.1) is 0 Å². The topological polar surface area (TPSA) is 15.3 Å². The second kappa shape index (κ2) is 5.35. The van der Waals surface area contributed by atoms with Gasteiger partial charge >= 0.3 is 0 Å². The highest BCUT2D eigenvalue weighted by molar-refractivity contribution is 5.45. The Morgan fingerprint density at radius 3 is 2.31 bits per heavy atom. The van der Waals surface area contributed by atoms with Crippen molar-refractivity contribution in [3.05, 3.63) is 29.8 Å². The van der Waals surface area contributed by atoms with Crippen LogP contribution in [0.3, 0.4) is 0 Å². The van der Waals surface area contributed by atoms with Crippen molar-refractivity contribution in [2.24, 2.45) is 0 Å². The highest BCUT2D eigenvalue weighted by atomic mass is 15.1. The van der Waals surface area contributed by atoms with E-state index in [2.05, 4.69) is 48.3 Å². The molecule has 0 radical (unpaired) electrons. The van der Waals surface area contributed by atoms with Crippen LogP contribution in [0.1, 0.15) is 32.3 Å². The first-order valence-corrected chi connectivity index (χ1v) is 6.32. The number of nitrogens with zero attached hydrogens (tertiary/aromatic N) is 1. The maximum atomic E-state index is 3.41. The van der Waals surface area contributed by atoms with Crippen molar-refractivity contribution >= 4 is 5.69 Å². The van der Waals surface area contributed by atoms with E-state index in [0.717, 1.165) is 6.54 Å². The van der Waals surface area contributed by atoms with Crippen LogP contribution >= 0.6 is 0 Å². The van der Waals surface area contributed by atoms with Crippen LogP contribution in [0.2, 0.25) is 0 Å².